The third-order valence-electron chi connectivity index (χ3n) is 6.72. The molecule has 0 saturated heterocycles. The minimum atomic E-state index is -0.159. The van der Waals surface area contributed by atoms with Gasteiger partial charge < -0.3 is 9.47 Å². The Kier molecular flexibility index (Phi) is 22.3. The van der Waals surface area contributed by atoms with Crippen LogP contribution in [-0.4, -0.2) is 26.0 Å². The molecule has 0 fully saturated rings. The van der Waals surface area contributed by atoms with Crippen LogP contribution in [0, 0.1) is 5.92 Å². The molecule has 202 valence electrons. The van der Waals surface area contributed by atoms with E-state index in [1.807, 2.05) is 13.0 Å². The molecule has 0 aliphatic carbocycles. The quantitative estimate of drug-likeness (QED) is 0.100. The molecule has 2 atom stereocenters. The highest BCUT2D eigenvalue weighted by molar-refractivity contribution is 5.13. The second kappa shape index (κ2) is 24.5. The fourth-order valence-corrected chi connectivity index (χ4v) is 4.32. The Hall–Kier alpha value is -1.19. The number of benzene rings is 1. The van der Waals surface area contributed by atoms with Crippen LogP contribution in [0.1, 0.15) is 122 Å². The summed E-state index contributed by atoms with van der Waals surface area (Å²) in [6.07, 6.45) is 24.8. The maximum Gasteiger partial charge on any atom is 0.0919 e. The molecule has 2 nitrogen and oxygen atoms in total. The van der Waals surface area contributed by atoms with E-state index in [2.05, 4.69) is 43.3 Å². The Bertz CT molecular complexity index is 574. The lowest BCUT2D eigenvalue weighted by molar-refractivity contribution is -0.0238. The molecular weight excluding hydrogens is 435 g/mol. The molecule has 0 saturated carbocycles. The fourth-order valence-electron chi connectivity index (χ4n) is 4.32. The van der Waals surface area contributed by atoms with Crippen LogP contribution < -0.4 is 0 Å². The van der Waals surface area contributed by atoms with Crippen molar-refractivity contribution in [2.24, 2.45) is 5.92 Å². The van der Waals surface area contributed by atoms with Gasteiger partial charge in [-0.3, -0.25) is 4.39 Å². The summed E-state index contributed by atoms with van der Waals surface area (Å²) in [4.78, 5) is 0. The van der Waals surface area contributed by atoms with Crippen molar-refractivity contribution in [1.29, 1.82) is 0 Å². The number of ether oxygens (including phenoxy) is 2. The number of hydrogen-bond donors (Lipinski definition) is 0. The van der Waals surface area contributed by atoms with Crippen LogP contribution in [0.15, 0.2) is 42.5 Å². The molecule has 0 aliphatic heterocycles. The van der Waals surface area contributed by atoms with E-state index in [1.165, 1.54) is 89.0 Å². The van der Waals surface area contributed by atoms with Crippen LogP contribution in [0.25, 0.3) is 0 Å². The zero-order valence-corrected chi connectivity index (χ0v) is 23.0. The molecule has 0 bridgehead atoms. The first-order valence-electron chi connectivity index (χ1n) is 14.7. The maximum absolute atomic E-state index is 12.4. The van der Waals surface area contributed by atoms with Crippen molar-refractivity contribution in [1.82, 2.24) is 0 Å². The van der Waals surface area contributed by atoms with Gasteiger partial charge in [-0.15, -0.1) is 0 Å². The normalized spacial score (nSPS) is 13.5. The van der Waals surface area contributed by atoms with E-state index in [0.717, 1.165) is 19.3 Å². The summed E-state index contributed by atoms with van der Waals surface area (Å²) < 4.78 is 24.5. The molecule has 1 aromatic rings. The van der Waals surface area contributed by atoms with Crippen molar-refractivity contribution >= 4 is 0 Å². The lowest BCUT2D eigenvalue weighted by Crippen LogP contribution is -2.20. The minimum absolute atomic E-state index is 0.159. The average Bonchev–Trinajstić information content (AvgIpc) is 2.89. The molecule has 2 unspecified atom stereocenters. The van der Waals surface area contributed by atoms with Crippen molar-refractivity contribution in [3.63, 3.8) is 0 Å². The number of rotatable bonds is 25. The molecule has 0 heterocycles. The molecule has 0 amide bonds. The number of alkyl halides is 1. The fraction of sp³-hybridized carbons (Fsp3) is 0.750. The van der Waals surface area contributed by atoms with Crippen LogP contribution >= 0.6 is 0 Å². The van der Waals surface area contributed by atoms with Gasteiger partial charge in [-0.25, -0.2) is 0 Å². The lowest BCUT2D eigenvalue weighted by atomic mass is 10.0. The predicted octanol–water partition coefficient (Wildman–Crippen LogP) is 10.0. The topological polar surface area (TPSA) is 18.5 Å². The summed E-state index contributed by atoms with van der Waals surface area (Å²) in [5, 5.41) is 0. The van der Waals surface area contributed by atoms with E-state index in [-0.39, 0.29) is 18.7 Å². The van der Waals surface area contributed by atoms with Gasteiger partial charge in [0.05, 0.1) is 32.6 Å². The summed E-state index contributed by atoms with van der Waals surface area (Å²) in [7, 11) is 0. The van der Waals surface area contributed by atoms with E-state index < -0.39 is 0 Å². The molecule has 1 rings (SSSR count). The standard InChI is InChI=1S/C32H55FO2/c1-3-4-17-25-32(35-28-31-23-19-16-20-24-31)29-34-26-21-15-13-11-9-7-5-6-8-10-12-14-18-22-30(2)27-33/h15-16,19-21,23-24,30,32H,3-14,17-18,22,25-29H2,1-2H3/b21-15+. The van der Waals surface area contributed by atoms with Gasteiger partial charge >= 0.3 is 0 Å². The Morgan fingerprint density at radius 2 is 1.40 bits per heavy atom. The lowest BCUT2D eigenvalue weighted by Gasteiger charge is -2.18. The third-order valence-corrected chi connectivity index (χ3v) is 6.72. The molecule has 35 heavy (non-hydrogen) atoms. The highest BCUT2D eigenvalue weighted by Crippen LogP contribution is 2.15. The Morgan fingerprint density at radius 1 is 0.771 bits per heavy atom. The number of allylic oxidation sites excluding steroid dienone is 1. The van der Waals surface area contributed by atoms with Gasteiger partial charge in [0.15, 0.2) is 0 Å². The van der Waals surface area contributed by atoms with E-state index in [9.17, 15) is 4.39 Å². The summed E-state index contributed by atoms with van der Waals surface area (Å²) in [6.45, 7) is 6.12. The van der Waals surface area contributed by atoms with Gasteiger partial charge in [-0.05, 0) is 37.2 Å². The van der Waals surface area contributed by atoms with Crippen molar-refractivity contribution in [3.05, 3.63) is 48.0 Å². The molecule has 1 aromatic carbocycles. The average molecular weight is 491 g/mol. The molecule has 0 radical (unpaired) electrons. The zero-order valence-electron chi connectivity index (χ0n) is 23.0. The first-order chi connectivity index (χ1) is 17.3. The Morgan fingerprint density at radius 3 is 2.06 bits per heavy atom. The van der Waals surface area contributed by atoms with E-state index in [4.69, 9.17) is 9.47 Å². The molecule has 3 heteroatoms. The third kappa shape index (κ3) is 20.7. The molecule has 0 aliphatic rings. The van der Waals surface area contributed by atoms with Gasteiger partial charge in [-0.1, -0.05) is 133 Å². The van der Waals surface area contributed by atoms with Gasteiger partial charge in [0.25, 0.3) is 0 Å². The smallest absolute Gasteiger partial charge is 0.0919 e. The molecule has 0 spiro atoms. The summed E-state index contributed by atoms with van der Waals surface area (Å²) in [5.74, 6) is 0.259. The molecule has 0 aromatic heterocycles. The maximum atomic E-state index is 12.4. The second-order valence-corrected chi connectivity index (χ2v) is 10.3. The van der Waals surface area contributed by atoms with Crippen molar-refractivity contribution in [2.45, 2.75) is 129 Å². The SMILES string of the molecule is CCCCCC(COC/C=C/CCCCCCCCCCCCC(C)CF)OCc1ccccc1. The van der Waals surface area contributed by atoms with Crippen molar-refractivity contribution in [2.75, 3.05) is 19.9 Å². The number of hydrogen-bond acceptors (Lipinski definition) is 2. The number of unbranched alkanes of at least 4 members (excludes halogenated alkanes) is 12. The van der Waals surface area contributed by atoms with Crippen molar-refractivity contribution < 1.29 is 13.9 Å². The van der Waals surface area contributed by atoms with Gasteiger partial charge in [0, 0.05) is 0 Å². The van der Waals surface area contributed by atoms with Crippen molar-refractivity contribution in [3.8, 4) is 0 Å². The van der Waals surface area contributed by atoms with Crippen LogP contribution in [0.2, 0.25) is 0 Å². The van der Waals surface area contributed by atoms with Gasteiger partial charge in [0.1, 0.15) is 0 Å². The first kappa shape index (κ1) is 31.8. The second-order valence-electron chi connectivity index (χ2n) is 10.3. The summed E-state index contributed by atoms with van der Waals surface area (Å²) in [6, 6.07) is 10.4. The largest absolute Gasteiger partial charge is 0.375 e. The van der Waals surface area contributed by atoms with Crippen LogP contribution in [0.5, 0.6) is 0 Å². The van der Waals surface area contributed by atoms with E-state index in [0.29, 0.717) is 19.8 Å². The highest BCUT2D eigenvalue weighted by atomic mass is 19.1. The summed E-state index contributed by atoms with van der Waals surface area (Å²) >= 11 is 0. The number of halogens is 1. The van der Waals surface area contributed by atoms with E-state index >= 15 is 0 Å². The predicted molar refractivity (Wildman–Crippen MR) is 150 cm³/mol. The van der Waals surface area contributed by atoms with Crippen LogP contribution in [-0.2, 0) is 16.1 Å². The van der Waals surface area contributed by atoms with Crippen LogP contribution in [0.3, 0.4) is 0 Å². The van der Waals surface area contributed by atoms with E-state index in [1.54, 1.807) is 0 Å². The first-order valence-corrected chi connectivity index (χ1v) is 14.7. The zero-order chi connectivity index (χ0) is 25.2. The minimum Gasteiger partial charge on any atom is -0.375 e. The van der Waals surface area contributed by atoms with Gasteiger partial charge in [-0.2, -0.15) is 0 Å². The summed E-state index contributed by atoms with van der Waals surface area (Å²) in [5.41, 5.74) is 1.23. The monoisotopic (exact) mass is 490 g/mol. The Balaban J connectivity index is 1.95. The van der Waals surface area contributed by atoms with Gasteiger partial charge in [0.2, 0.25) is 0 Å². The Labute approximate surface area is 217 Å². The molecular formula is C32H55FO2. The van der Waals surface area contributed by atoms with Crippen LogP contribution in [0.4, 0.5) is 4.39 Å². The highest BCUT2D eigenvalue weighted by Gasteiger charge is 2.09. The molecule has 0 N–H and O–H groups in total.